The smallest absolute Gasteiger partial charge is 0.0882 e. The van der Waals surface area contributed by atoms with Crippen LogP contribution >= 0.6 is 0 Å². The summed E-state index contributed by atoms with van der Waals surface area (Å²) in [6.07, 6.45) is 6.99. The van der Waals surface area contributed by atoms with E-state index in [1.165, 1.54) is 0 Å². The molecule has 0 amide bonds. The molecule has 2 heterocycles. The van der Waals surface area contributed by atoms with Crippen molar-refractivity contribution >= 4 is 11.9 Å². The maximum atomic E-state index is 4.43. The molecule has 0 saturated heterocycles. The fraction of sp³-hybridized carbons (Fsp3) is 0.333. The molecule has 1 aromatic heterocycles. The molecule has 72 valence electrons. The molecule has 0 bridgehead atoms. The van der Waals surface area contributed by atoms with Gasteiger partial charge in [0.15, 0.2) is 0 Å². The SMILES string of the molecule is CC1(C)C=NC(c2ccccn2)=CC1. The fourth-order valence-corrected chi connectivity index (χ4v) is 1.39. The molecule has 0 fully saturated rings. The fourth-order valence-electron chi connectivity index (χ4n) is 1.39. The molecule has 0 atom stereocenters. The molecule has 0 radical (unpaired) electrons. The first kappa shape index (κ1) is 9.13. The molecular weight excluding hydrogens is 172 g/mol. The first-order chi connectivity index (χ1) is 6.67. The van der Waals surface area contributed by atoms with Gasteiger partial charge in [-0.1, -0.05) is 26.0 Å². The highest BCUT2D eigenvalue weighted by Crippen LogP contribution is 2.27. The van der Waals surface area contributed by atoms with E-state index >= 15 is 0 Å². The summed E-state index contributed by atoms with van der Waals surface area (Å²) in [5, 5.41) is 0. The zero-order chi connectivity index (χ0) is 10.0. The maximum Gasteiger partial charge on any atom is 0.0882 e. The number of rotatable bonds is 1. The summed E-state index contributed by atoms with van der Waals surface area (Å²) in [4.78, 5) is 8.69. The molecule has 1 aromatic rings. The summed E-state index contributed by atoms with van der Waals surface area (Å²) >= 11 is 0. The summed E-state index contributed by atoms with van der Waals surface area (Å²) in [6.45, 7) is 4.37. The van der Waals surface area contributed by atoms with Crippen LogP contribution in [0.25, 0.3) is 5.70 Å². The lowest BCUT2D eigenvalue weighted by Gasteiger charge is -2.21. The highest BCUT2D eigenvalue weighted by atomic mass is 14.8. The van der Waals surface area contributed by atoms with Crippen LogP contribution in [0.2, 0.25) is 0 Å². The standard InChI is InChI=1S/C12H14N2/c1-12(2)7-6-11(14-9-12)10-5-3-4-8-13-10/h3-6,8-9H,7H2,1-2H3. The van der Waals surface area contributed by atoms with E-state index in [0.29, 0.717) is 0 Å². The van der Waals surface area contributed by atoms with Crippen molar-refractivity contribution in [2.75, 3.05) is 0 Å². The number of allylic oxidation sites excluding steroid dienone is 1. The van der Waals surface area contributed by atoms with Gasteiger partial charge in [0.1, 0.15) is 0 Å². The van der Waals surface area contributed by atoms with Crippen LogP contribution in [0, 0.1) is 5.41 Å². The lowest BCUT2D eigenvalue weighted by atomic mass is 9.88. The molecule has 0 saturated carbocycles. The summed E-state index contributed by atoms with van der Waals surface area (Å²) in [5.74, 6) is 0. The Hall–Kier alpha value is -1.44. The Morgan fingerprint density at radius 2 is 2.14 bits per heavy atom. The number of aromatic nitrogens is 1. The molecule has 1 aliphatic heterocycles. The van der Waals surface area contributed by atoms with Gasteiger partial charge < -0.3 is 0 Å². The normalized spacial score (nSPS) is 19.1. The largest absolute Gasteiger partial charge is 0.259 e. The van der Waals surface area contributed by atoms with Gasteiger partial charge in [0, 0.05) is 17.8 Å². The minimum atomic E-state index is 0.193. The third-order valence-electron chi connectivity index (χ3n) is 2.30. The Balaban J connectivity index is 2.25. The first-order valence-electron chi connectivity index (χ1n) is 4.84. The molecule has 0 aliphatic carbocycles. The van der Waals surface area contributed by atoms with Gasteiger partial charge in [-0.3, -0.25) is 9.98 Å². The quantitative estimate of drug-likeness (QED) is 0.662. The third-order valence-corrected chi connectivity index (χ3v) is 2.30. The lowest BCUT2D eigenvalue weighted by molar-refractivity contribution is 0.541. The second-order valence-electron chi connectivity index (χ2n) is 4.26. The van der Waals surface area contributed by atoms with E-state index in [9.17, 15) is 0 Å². The van der Waals surface area contributed by atoms with Crippen molar-refractivity contribution in [3.8, 4) is 0 Å². The highest BCUT2D eigenvalue weighted by Gasteiger charge is 2.18. The Kier molecular flexibility index (Phi) is 2.20. The van der Waals surface area contributed by atoms with Crippen molar-refractivity contribution in [2.45, 2.75) is 20.3 Å². The summed E-state index contributed by atoms with van der Waals surface area (Å²) in [5.41, 5.74) is 2.14. The second kappa shape index (κ2) is 3.37. The van der Waals surface area contributed by atoms with Gasteiger partial charge in [0.05, 0.1) is 11.4 Å². The molecule has 0 spiro atoms. The number of aliphatic imine (C=N–C) groups is 1. The van der Waals surface area contributed by atoms with Crippen LogP contribution in [0.15, 0.2) is 35.5 Å². The van der Waals surface area contributed by atoms with Gasteiger partial charge in [0.25, 0.3) is 0 Å². The molecule has 2 heteroatoms. The van der Waals surface area contributed by atoms with E-state index in [0.717, 1.165) is 17.8 Å². The van der Waals surface area contributed by atoms with E-state index in [1.807, 2.05) is 24.4 Å². The van der Waals surface area contributed by atoms with Crippen LogP contribution < -0.4 is 0 Å². The van der Waals surface area contributed by atoms with E-state index < -0.39 is 0 Å². The van der Waals surface area contributed by atoms with Crippen molar-refractivity contribution in [1.29, 1.82) is 0 Å². The van der Waals surface area contributed by atoms with Crippen molar-refractivity contribution in [3.05, 3.63) is 36.2 Å². The van der Waals surface area contributed by atoms with Gasteiger partial charge in [-0.25, -0.2) is 0 Å². The number of hydrogen-bond acceptors (Lipinski definition) is 2. The zero-order valence-electron chi connectivity index (χ0n) is 8.57. The van der Waals surface area contributed by atoms with Gasteiger partial charge in [-0.2, -0.15) is 0 Å². The Morgan fingerprint density at radius 1 is 1.29 bits per heavy atom. The molecular formula is C12H14N2. The summed E-state index contributed by atoms with van der Waals surface area (Å²) in [7, 11) is 0. The van der Waals surface area contributed by atoms with E-state index in [1.54, 1.807) is 6.20 Å². The van der Waals surface area contributed by atoms with Crippen molar-refractivity contribution in [2.24, 2.45) is 10.4 Å². The molecule has 0 aromatic carbocycles. The summed E-state index contributed by atoms with van der Waals surface area (Å²) < 4.78 is 0. The van der Waals surface area contributed by atoms with Crippen LogP contribution in [0.3, 0.4) is 0 Å². The van der Waals surface area contributed by atoms with Crippen LogP contribution in [0.5, 0.6) is 0 Å². The Labute approximate surface area is 84.4 Å². The number of nitrogens with zero attached hydrogens (tertiary/aromatic N) is 2. The van der Waals surface area contributed by atoms with Gasteiger partial charge in [-0.05, 0) is 18.6 Å². The topological polar surface area (TPSA) is 25.2 Å². The van der Waals surface area contributed by atoms with Crippen LogP contribution in [-0.4, -0.2) is 11.2 Å². The van der Waals surface area contributed by atoms with Crippen molar-refractivity contribution in [1.82, 2.24) is 4.98 Å². The summed E-state index contributed by atoms with van der Waals surface area (Å²) in [6, 6.07) is 5.89. The van der Waals surface area contributed by atoms with Crippen LogP contribution in [0.4, 0.5) is 0 Å². The van der Waals surface area contributed by atoms with E-state index in [2.05, 4.69) is 29.9 Å². The van der Waals surface area contributed by atoms with Crippen LogP contribution in [-0.2, 0) is 0 Å². The van der Waals surface area contributed by atoms with E-state index in [-0.39, 0.29) is 5.41 Å². The van der Waals surface area contributed by atoms with E-state index in [4.69, 9.17) is 0 Å². The minimum absolute atomic E-state index is 0.193. The third kappa shape index (κ3) is 1.90. The predicted molar refractivity (Wildman–Crippen MR) is 59.1 cm³/mol. The predicted octanol–water partition coefficient (Wildman–Crippen LogP) is 2.92. The number of pyridine rings is 1. The lowest BCUT2D eigenvalue weighted by Crippen LogP contribution is -2.14. The minimum Gasteiger partial charge on any atom is -0.259 e. The molecule has 14 heavy (non-hydrogen) atoms. The average Bonchev–Trinajstić information content (AvgIpc) is 2.19. The van der Waals surface area contributed by atoms with Gasteiger partial charge in [-0.15, -0.1) is 0 Å². The Bertz CT molecular complexity index is 375. The van der Waals surface area contributed by atoms with Crippen molar-refractivity contribution in [3.63, 3.8) is 0 Å². The molecule has 1 aliphatic rings. The first-order valence-corrected chi connectivity index (χ1v) is 4.84. The number of hydrogen-bond donors (Lipinski definition) is 0. The van der Waals surface area contributed by atoms with Crippen molar-refractivity contribution < 1.29 is 0 Å². The van der Waals surface area contributed by atoms with Gasteiger partial charge >= 0.3 is 0 Å². The monoisotopic (exact) mass is 186 g/mol. The second-order valence-corrected chi connectivity index (χ2v) is 4.26. The molecule has 0 unspecified atom stereocenters. The maximum absolute atomic E-state index is 4.43. The Morgan fingerprint density at radius 3 is 2.71 bits per heavy atom. The zero-order valence-corrected chi connectivity index (χ0v) is 8.57. The van der Waals surface area contributed by atoms with Crippen LogP contribution in [0.1, 0.15) is 26.0 Å². The molecule has 2 rings (SSSR count). The highest BCUT2D eigenvalue weighted by molar-refractivity contribution is 5.78. The van der Waals surface area contributed by atoms with Gasteiger partial charge in [0.2, 0.25) is 0 Å². The average molecular weight is 186 g/mol. The molecule has 0 N–H and O–H groups in total. The molecule has 2 nitrogen and oxygen atoms in total.